The van der Waals surface area contributed by atoms with Crippen molar-refractivity contribution in [3.63, 3.8) is 0 Å². The van der Waals surface area contributed by atoms with Gasteiger partial charge in [-0.15, -0.1) is 0 Å². The number of hydrogen-bond acceptors (Lipinski definition) is 7. The van der Waals surface area contributed by atoms with Gasteiger partial charge >= 0.3 is 12.0 Å². The second kappa shape index (κ2) is 13.3. The first kappa shape index (κ1) is 26.0. The third-order valence-corrected chi connectivity index (χ3v) is 5.38. The molecule has 0 radical (unpaired) electrons. The number of methoxy groups -OCH3 is 2. The molecule has 3 N–H and O–H groups in total. The Kier molecular flexibility index (Phi) is 10.5. The van der Waals surface area contributed by atoms with E-state index in [1.807, 2.05) is 6.92 Å². The minimum absolute atomic E-state index is 0.0111. The molecule has 1 fully saturated rings. The smallest absolute Gasteiger partial charge is 0.340 e. The lowest BCUT2D eigenvalue weighted by molar-refractivity contribution is -0.123. The van der Waals surface area contributed by atoms with Crippen LogP contribution >= 0.6 is 0 Å². The van der Waals surface area contributed by atoms with Crippen LogP contribution in [0.5, 0.6) is 11.5 Å². The summed E-state index contributed by atoms with van der Waals surface area (Å²) in [4.78, 5) is 49.1. The van der Waals surface area contributed by atoms with Crippen molar-refractivity contribution < 1.29 is 33.4 Å². The number of benzene rings is 1. The number of esters is 1. The third kappa shape index (κ3) is 7.96. The summed E-state index contributed by atoms with van der Waals surface area (Å²) in [5.74, 6) is -1.35. The molecule has 0 spiro atoms. The molecular weight excluding hydrogens is 430 g/mol. The number of imide groups is 1. The summed E-state index contributed by atoms with van der Waals surface area (Å²) in [6, 6.07) is 2.21. The fourth-order valence-electron chi connectivity index (χ4n) is 3.55. The average Bonchev–Trinajstić information content (AvgIpc) is 2.82. The second-order valence-corrected chi connectivity index (χ2v) is 7.81. The highest BCUT2D eigenvalue weighted by Gasteiger charge is 2.25. The molecule has 0 saturated heterocycles. The van der Waals surface area contributed by atoms with Crippen molar-refractivity contribution in [1.29, 1.82) is 0 Å². The number of rotatable bonds is 10. The molecule has 1 saturated carbocycles. The molecule has 0 aromatic heterocycles. The van der Waals surface area contributed by atoms with E-state index in [1.165, 1.54) is 26.4 Å². The van der Waals surface area contributed by atoms with Crippen LogP contribution in [0.25, 0.3) is 0 Å². The van der Waals surface area contributed by atoms with E-state index in [9.17, 15) is 19.2 Å². The number of nitrogens with one attached hydrogen (secondary N) is 3. The number of ether oxygens (including phenoxy) is 3. The van der Waals surface area contributed by atoms with Gasteiger partial charge in [0, 0.05) is 24.6 Å². The molecule has 1 aromatic rings. The van der Waals surface area contributed by atoms with Gasteiger partial charge in [-0.05, 0) is 19.3 Å². The summed E-state index contributed by atoms with van der Waals surface area (Å²) >= 11 is 0. The van der Waals surface area contributed by atoms with Crippen molar-refractivity contribution in [2.75, 3.05) is 32.7 Å². The van der Waals surface area contributed by atoms with E-state index < -0.39 is 24.5 Å². The number of anilines is 1. The number of urea groups is 1. The molecule has 0 atom stereocenters. The zero-order chi connectivity index (χ0) is 24.2. The topological polar surface area (TPSA) is 132 Å². The highest BCUT2D eigenvalue weighted by molar-refractivity contribution is 6.03. The fourth-order valence-corrected chi connectivity index (χ4v) is 3.55. The molecule has 10 heteroatoms. The predicted octanol–water partition coefficient (Wildman–Crippen LogP) is 3.01. The third-order valence-electron chi connectivity index (χ3n) is 5.38. The number of carbonyl (C=O) groups is 4. The first-order chi connectivity index (χ1) is 15.9. The fraction of sp³-hybridized carbons (Fsp3) is 0.565. The molecule has 2 rings (SSSR count). The molecular formula is C23H33N3O7. The number of carbonyl (C=O) groups excluding carboxylic acids is 4. The molecule has 1 aliphatic rings. The van der Waals surface area contributed by atoms with Crippen molar-refractivity contribution in [3.8, 4) is 11.5 Å². The van der Waals surface area contributed by atoms with E-state index in [1.54, 1.807) is 0 Å². The van der Waals surface area contributed by atoms with Crippen molar-refractivity contribution >= 4 is 29.5 Å². The number of amides is 4. The van der Waals surface area contributed by atoms with Crippen LogP contribution in [-0.4, -0.2) is 51.2 Å². The van der Waals surface area contributed by atoms with Crippen LogP contribution in [0.15, 0.2) is 12.1 Å². The van der Waals surface area contributed by atoms with Crippen LogP contribution in [-0.2, 0) is 14.3 Å². The normalized spacial score (nSPS) is 13.5. The molecule has 0 unspecified atom stereocenters. The van der Waals surface area contributed by atoms with Crippen LogP contribution in [0.3, 0.4) is 0 Å². The lowest BCUT2D eigenvalue weighted by atomic mass is 9.88. The standard InChI is InChI=1S/C23H33N3O7/c1-4-5-11-24-23(30)26-20(27)14-33-22(29)16-12-18(31-2)19(32-3)13-17(16)25-21(28)15-9-7-6-8-10-15/h12-13,15H,4-11,14H2,1-3H3,(H,25,28)(H2,24,26,27,30). The van der Waals surface area contributed by atoms with Gasteiger partial charge in [0.2, 0.25) is 5.91 Å². The Hall–Kier alpha value is -3.30. The summed E-state index contributed by atoms with van der Waals surface area (Å²) in [6.07, 6.45) is 6.34. The van der Waals surface area contributed by atoms with Gasteiger partial charge in [0.25, 0.3) is 5.91 Å². The van der Waals surface area contributed by atoms with Gasteiger partial charge in [0.1, 0.15) is 0 Å². The highest BCUT2D eigenvalue weighted by Crippen LogP contribution is 2.34. The number of hydrogen-bond donors (Lipinski definition) is 3. The van der Waals surface area contributed by atoms with E-state index in [0.717, 1.165) is 44.9 Å². The summed E-state index contributed by atoms with van der Waals surface area (Å²) in [5.41, 5.74) is 0.211. The molecule has 182 valence electrons. The zero-order valence-corrected chi connectivity index (χ0v) is 19.5. The molecule has 4 amide bonds. The predicted molar refractivity (Wildman–Crippen MR) is 121 cm³/mol. The minimum atomic E-state index is -0.851. The maximum Gasteiger partial charge on any atom is 0.340 e. The van der Waals surface area contributed by atoms with E-state index in [2.05, 4.69) is 16.0 Å². The van der Waals surface area contributed by atoms with Crippen LogP contribution in [0.4, 0.5) is 10.5 Å². The van der Waals surface area contributed by atoms with Crippen LogP contribution < -0.4 is 25.4 Å². The Balaban J connectivity index is 2.09. The summed E-state index contributed by atoms with van der Waals surface area (Å²) in [5, 5.41) is 7.43. The zero-order valence-electron chi connectivity index (χ0n) is 19.5. The van der Waals surface area contributed by atoms with E-state index in [0.29, 0.717) is 12.3 Å². The largest absolute Gasteiger partial charge is 0.493 e. The Morgan fingerprint density at radius 3 is 2.30 bits per heavy atom. The minimum Gasteiger partial charge on any atom is -0.493 e. The maximum atomic E-state index is 12.7. The molecule has 0 aliphatic heterocycles. The van der Waals surface area contributed by atoms with Gasteiger partial charge in [-0.3, -0.25) is 14.9 Å². The van der Waals surface area contributed by atoms with Crippen molar-refractivity contribution in [3.05, 3.63) is 17.7 Å². The van der Waals surface area contributed by atoms with Crippen LogP contribution in [0.1, 0.15) is 62.2 Å². The van der Waals surface area contributed by atoms with E-state index >= 15 is 0 Å². The molecule has 33 heavy (non-hydrogen) atoms. The lowest BCUT2D eigenvalue weighted by Crippen LogP contribution is -2.41. The highest BCUT2D eigenvalue weighted by atomic mass is 16.5. The first-order valence-electron chi connectivity index (χ1n) is 11.2. The molecule has 1 aromatic carbocycles. The van der Waals surface area contributed by atoms with Crippen molar-refractivity contribution in [2.24, 2.45) is 5.92 Å². The Bertz CT molecular complexity index is 851. The summed E-state index contributed by atoms with van der Waals surface area (Å²) in [6.45, 7) is 1.75. The maximum absolute atomic E-state index is 12.7. The van der Waals surface area contributed by atoms with E-state index in [4.69, 9.17) is 14.2 Å². The van der Waals surface area contributed by atoms with Crippen molar-refractivity contribution in [1.82, 2.24) is 10.6 Å². The van der Waals surface area contributed by atoms with Crippen LogP contribution in [0.2, 0.25) is 0 Å². The Morgan fingerprint density at radius 2 is 1.67 bits per heavy atom. The summed E-state index contributed by atoms with van der Waals surface area (Å²) in [7, 11) is 2.86. The molecule has 0 heterocycles. The van der Waals surface area contributed by atoms with Gasteiger partial charge in [0.15, 0.2) is 18.1 Å². The lowest BCUT2D eigenvalue weighted by Gasteiger charge is -2.22. The average molecular weight is 464 g/mol. The van der Waals surface area contributed by atoms with Gasteiger partial charge < -0.3 is 24.8 Å². The monoisotopic (exact) mass is 463 g/mol. The van der Waals surface area contributed by atoms with E-state index in [-0.39, 0.29) is 28.8 Å². The second-order valence-electron chi connectivity index (χ2n) is 7.81. The Labute approximate surface area is 193 Å². The van der Waals surface area contributed by atoms with Gasteiger partial charge in [-0.2, -0.15) is 0 Å². The van der Waals surface area contributed by atoms with Gasteiger partial charge in [0.05, 0.1) is 25.5 Å². The Morgan fingerprint density at radius 1 is 1.00 bits per heavy atom. The molecule has 0 bridgehead atoms. The SMILES string of the molecule is CCCCNC(=O)NC(=O)COC(=O)c1cc(OC)c(OC)cc1NC(=O)C1CCCCC1. The first-order valence-corrected chi connectivity index (χ1v) is 11.2. The summed E-state index contributed by atoms with van der Waals surface area (Å²) < 4.78 is 15.6. The molecule has 1 aliphatic carbocycles. The number of unbranched alkanes of at least 4 members (excludes halogenated alkanes) is 1. The van der Waals surface area contributed by atoms with Gasteiger partial charge in [-0.1, -0.05) is 32.6 Å². The van der Waals surface area contributed by atoms with Crippen LogP contribution in [0, 0.1) is 5.92 Å². The van der Waals surface area contributed by atoms with Gasteiger partial charge in [-0.25, -0.2) is 9.59 Å². The quantitative estimate of drug-likeness (QED) is 0.359. The molecule has 10 nitrogen and oxygen atoms in total. The van der Waals surface area contributed by atoms with Crippen molar-refractivity contribution in [2.45, 2.75) is 51.9 Å².